The minimum atomic E-state index is 0.186. The van der Waals surface area contributed by atoms with Crippen LogP contribution in [-0.2, 0) is 4.84 Å². The van der Waals surface area contributed by atoms with Crippen molar-refractivity contribution >= 4 is 17.7 Å². The van der Waals surface area contributed by atoms with Gasteiger partial charge in [0.2, 0.25) is 0 Å². The van der Waals surface area contributed by atoms with E-state index in [1.54, 1.807) is 6.34 Å². The van der Waals surface area contributed by atoms with Crippen molar-refractivity contribution in [3.63, 3.8) is 0 Å². The van der Waals surface area contributed by atoms with Gasteiger partial charge in [0.25, 0.3) is 0 Å². The Balaban J connectivity index is 2.05. The highest BCUT2D eigenvalue weighted by atomic mass is 16.6. The molecule has 92 valence electrons. The van der Waals surface area contributed by atoms with E-state index in [1.165, 1.54) is 0 Å². The van der Waals surface area contributed by atoms with Crippen LogP contribution in [0.5, 0.6) is 0 Å². The Morgan fingerprint density at radius 1 is 1.56 bits per heavy atom. The molecule has 5 heteroatoms. The SMILES string of the molecule is C#CCO/N=C(\C)c1ccc(N2C=NNC2)cc1. The third kappa shape index (κ3) is 2.80. The van der Waals surface area contributed by atoms with Crippen LogP contribution in [0.25, 0.3) is 0 Å². The van der Waals surface area contributed by atoms with Crippen molar-refractivity contribution < 1.29 is 4.84 Å². The molecule has 0 saturated carbocycles. The summed E-state index contributed by atoms with van der Waals surface area (Å²) in [6.45, 7) is 2.76. The van der Waals surface area contributed by atoms with Crippen LogP contribution in [0.15, 0.2) is 34.5 Å². The van der Waals surface area contributed by atoms with Crippen LogP contribution in [0.3, 0.4) is 0 Å². The maximum atomic E-state index is 5.08. The van der Waals surface area contributed by atoms with Gasteiger partial charge in [-0.3, -0.25) is 5.43 Å². The van der Waals surface area contributed by atoms with Gasteiger partial charge in [-0.2, -0.15) is 5.10 Å². The highest BCUT2D eigenvalue weighted by Gasteiger charge is 2.07. The summed E-state index contributed by atoms with van der Waals surface area (Å²) in [5.41, 5.74) is 5.75. The highest BCUT2D eigenvalue weighted by molar-refractivity contribution is 5.98. The Morgan fingerprint density at radius 3 is 2.94 bits per heavy atom. The Kier molecular flexibility index (Phi) is 3.82. The molecule has 0 radical (unpaired) electrons. The average Bonchev–Trinajstić information content (AvgIpc) is 2.93. The van der Waals surface area contributed by atoms with E-state index in [4.69, 9.17) is 11.3 Å². The van der Waals surface area contributed by atoms with Crippen LogP contribution in [-0.4, -0.2) is 25.3 Å². The first-order valence-electron chi connectivity index (χ1n) is 5.54. The summed E-state index contributed by atoms with van der Waals surface area (Å²) in [5.74, 6) is 2.36. The Bertz CT molecular complexity index is 499. The molecule has 0 spiro atoms. The number of anilines is 1. The fraction of sp³-hybridized carbons (Fsp3) is 0.231. The van der Waals surface area contributed by atoms with Crippen LogP contribution in [0.2, 0.25) is 0 Å². The summed E-state index contributed by atoms with van der Waals surface area (Å²) in [5, 5.41) is 7.87. The third-order valence-electron chi connectivity index (χ3n) is 2.50. The molecule has 1 aromatic rings. The predicted octanol–water partition coefficient (Wildman–Crippen LogP) is 1.37. The minimum absolute atomic E-state index is 0.186. The van der Waals surface area contributed by atoms with E-state index in [9.17, 15) is 0 Å². The van der Waals surface area contributed by atoms with E-state index in [0.717, 1.165) is 17.0 Å². The van der Waals surface area contributed by atoms with Crippen molar-refractivity contribution in [2.24, 2.45) is 10.3 Å². The van der Waals surface area contributed by atoms with E-state index in [2.05, 4.69) is 21.6 Å². The lowest BCUT2D eigenvalue weighted by Crippen LogP contribution is -2.22. The Morgan fingerprint density at radius 2 is 2.33 bits per heavy atom. The molecule has 5 nitrogen and oxygen atoms in total. The molecule has 2 rings (SSSR count). The number of hydrogen-bond donors (Lipinski definition) is 1. The van der Waals surface area contributed by atoms with Crippen molar-refractivity contribution in [1.29, 1.82) is 0 Å². The normalized spacial score (nSPS) is 14.2. The maximum Gasteiger partial charge on any atom is 0.177 e. The number of hydrogen-bond acceptors (Lipinski definition) is 5. The van der Waals surface area contributed by atoms with Crippen LogP contribution < -0.4 is 10.3 Å². The molecule has 0 saturated heterocycles. The first-order chi connectivity index (χ1) is 8.81. The molecular formula is C13H14N4O. The molecular weight excluding hydrogens is 228 g/mol. The summed E-state index contributed by atoms with van der Waals surface area (Å²) in [6, 6.07) is 7.99. The van der Waals surface area contributed by atoms with Gasteiger partial charge >= 0.3 is 0 Å². The van der Waals surface area contributed by atoms with Crippen LogP contribution in [0.4, 0.5) is 5.69 Å². The zero-order valence-electron chi connectivity index (χ0n) is 10.1. The molecule has 0 amide bonds. The van der Waals surface area contributed by atoms with Gasteiger partial charge in [-0.25, -0.2) is 0 Å². The van der Waals surface area contributed by atoms with Crippen molar-refractivity contribution in [3.05, 3.63) is 29.8 Å². The molecule has 1 aliphatic rings. The molecule has 0 aliphatic carbocycles. The molecule has 0 fully saturated rings. The zero-order chi connectivity index (χ0) is 12.8. The number of nitrogens with zero attached hydrogens (tertiary/aromatic N) is 3. The molecule has 0 unspecified atom stereocenters. The van der Waals surface area contributed by atoms with E-state index >= 15 is 0 Å². The highest BCUT2D eigenvalue weighted by Crippen LogP contribution is 2.15. The Labute approximate surface area is 106 Å². The first kappa shape index (κ1) is 12.0. The fourth-order valence-electron chi connectivity index (χ4n) is 1.54. The third-order valence-corrected chi connectivity index (χ3v) is 2.50. The molecule has 1 aromatic carbocycles. The van der Waals surface area contributed by atoms with E-state index < -0.39 is 0 Å². The topological polar surface area (TPSA) is 49.2 Å². The number of benzene rings is 1. The molecule has 1 N–H and O–H groups in total. The van der Waals surface area contributed by atoms with Crippen molar-refractivity contribution in [2.75, 3.05) is 18.2 Å². The second-order valence-corrected chi connectivity index (χ2v) is 3.73. The van der Waals surface area contributed by atoms with Gasteiger partial charge < -0.3 is 9.74 Å². The monoisotopic (exact) mass is 242 g/mol. The number of nitrogens with one attached hydrogen (secondary N) is 1. The largest absolute Gasteiger partial charge is 0.382 e. The molecule has 18 heavy (non-hydrogen) atoms. The lowest BCUT2D eigenvalue weighted by molar-refractivity contribution is 0.180. The number of rotatable bonds is 4. The predicted molar refractivity (Wildman–Crippen MR) is 72.4 cm³/mol. The van der Waals surface area contributed by atoms with Crippen molar-refractivity contribution in [2.45, 2.75) is 6.92 Å². The summed E-state index contributed by atoms with van der Waals surface area (Å²) in [4.78, 5) is 6.94. The number of oxime groups is 1. The zero-order valence-corrected chi connectivity index (χ0v) is 10.1. The van der Waals surface area contributed by atoms with Gasteiger partial charge in [0.15, 0.2) is 6.61 Å². The lowest BCUT2D eigenvalue weighted by Gasteiger charge is -2.13. The van der Waals surface area contributed by atoms with Gasteiger partial charge in [0.1, 0.15) is 13.0 Å². The molecule has 0 atom stereocenters. The quantitative estimate of drug-likeness (QED) is 0.375. The molecule has 0 aromatic heterocycles. The fourth-order valence-corrected chi connectivity index (χ4v) is 1.54. The maximum absolute atomic E-state index is 5.08. The van der Waals surface area contributed by atoms with Gasteiger partial charge in [-0.15, -0.1) is 6.42 Å². The Hall–Kier alpha value is -2.48. The van der Waals surface area contributed by atoms with Crippen LogP contribution >= 0.6 is 0 Å². The molecule has 1 heterocycles. The van der Waals surface area contributed by atoms with E-state index in [1.807, 2.05) is 36.1 Å². The number of hydrazone groups is 1. The summed E-state index contributed by atoms with van der Waals surface area (Å²) < 4.78 is 0. The van der Waals surface area contributed by atoms with Crippen molar-refractivity contribution in [1.82, 2.24) is 5.43 Å². The summed E-state index contributed by atoms with van der Waals surface area (Å²) in [6.07, 6.45) is 6.83. The first-order valence-corrected chi connectivity index (χ1v) is 5.54. The minimum Gasteiger partial charge on any atom is -0.382 e. The molecule has 0 bridgehead atoms. The summed E-state index contributed by atoms with van der Waals surface area (Å²) in [7, 11) is 0. The smallest absolute Gasteiger partial charge is 0.177 e. The summed E-state index contributed by atoms with van der Waals surface area (Å²) >= 11 is 0. The second kappa shape index (κ2) is 5.73. The van der Waals surface area contributed by atoms with Gasteiger partial charge in [0, 0.05) is 5.69 Å². The lowest BCUT2D eigenvalue weighted by atomic mass is 10.1. The van der Waals surface area contributed by atoms with E-state index in [0.29, 0.717) is 6.67 Å². The second-order valence-electron chi connectivity index (χ2n) is 3.73. The van der Waals surface area contributed by atoms with Gasteiger partial charge in [0.05, 0.1) is 5.71 Å². The average molecular weight is 242 g/mol. The van der Waals surface area contributed by atoms with Crippen molar-refractivity contribution in [3.8, 4) is 12.3 Å². The van der Waals surface area contributed by atoms with Gasteiger partial charge in [-0.05, 0) is 24.6 Å². The van der Waals surface area contributed by atoms with Gasteiger partial charge in [-0.1, -0.05) is 23.2 Å². The standard InChI is InChI=1S/C13H14N4O/c1-3-8-18-16-11(2)12-4-6-13(7-5-12)17-9-14-15-10-17/h1,4-7,9,15H,8,10H2,2H3/b16-11+. The van der Waals surface area contributed by atoms with Crippen LogP contribution in [0, 0.1) is 12.3 Å². The molecule has 1 aliphatic heterocycles. The number of terminal acetylenes is 1. The van der Waals surface area contributed by atoms with Crippen LogP contribution in [0.1, 0.15) is 12.5 Å². The van der Waals surface area contributed by atoms with E-state index in [-0.39, 0.29) is 6.61 Å².